The highest BCUT2D eigenvalue weighted by atomic mass is 16.5. The molecule has 4 heteroatoms. The van der Waals surface area contributed by atoms with Crippen molar-refractivity contribution in [3.8, 4) is 0 Å². The van der Waals surface area contributed by atoms with Crippen LogP contribution in [0.1, 0.15) is 32.1 Å². The standard InChI is InChI=1S/C12H24N2O2/c1-13-8-5-7-12(15)14(2)10-11-6-3-4-9-16-11/h11,13H,3-10H2,1-2H3. The molecule has 4 nitrogen and oxygen atoms in total. The van der Waals surface area contributed by atoms with Crippen LogP contribution in [0.2, 0.25) is 0 Å². The number of hydrogen-bond donors (Lipinski definition) is 1. The van der Waals surface area contributed by atoms with E-state index in [1.807, 2.05) is 19.0 Å². The van der Waals surface area contributed by atoms with E-state index < -0.39 is 0 Å². The smallest absolute Gasteiger partial charge is 0.222 e. The van der Waals surface area contributed by atoms with Crippen molar-refractivity contribution in [1.82, 2.24) is 10.2 Å². The summed E-state index contributed by atoms with van der Waals surface area (Å²) in [5, 5.41) is 3.05. The summed E-state index contributed by atoms with van der Waals surface area (Å²) >= 11 is 0. The number of carbonyl (C=O) groups excluding carboxylic acids is 1. The Kier molecular flexibility index (Phi) is 6.42. The van der Waals surface area contributed by atoms with Crippen LogP contribution in [0.25, 0.3) is 0 Å². The van der Waals surface area contributed by atoms with Crippen molar-refractivity contribution in [2.75, 3.05) is 33.8 Å². The van der Waals surface area contributed by atoms with Gasteiger partial charge in [0.1, 0.15) is 0 Å². The number of nitrogens with zero attached hydrogens (tertiary/aromatic N) is 1. The number of rotatable bonds is 6. The fourth-order valence-electron chi connectivity index (χ4n) is 1.97. The Balaban J connectivity index is 2.16. The highest BCUT2D eigenvalue weighted by Crippen LogP contribution is 2.13. The Morgan fingerprint density at radius 3 is 2.94 bits per heavy atom. The lowest BCUT2D eigenvalue weighted by molar-refractivity contribution is -0.132. The fraction of sp³-hybridized carbons (Fsp3) is 0.917. The Bertz CT molecular complexity index is 203. The lowest BCUT2D eigenvalue weighted by atomic mass is 10.1. The van der Waals surface area contributed by atoms with Crippen molar-refractivity contribution in [3.63, 3.8) is 0 Å². The molecule has 0 radical (unpaired) electrons. The molecule has 0 spiro atoms. The minimum absolute atomic E-state index is 0.226. The normalized spacial score (nSPS) is 20.8. The minimum Gasteiger partial charge on any atom is -0.376 e. The molecule has 1 fully saturated rings. The summed E-state index contributed by atoms with van der Waals surface area (Å²) < 4.78 is 5.62. The monoisotopic (exact) mass is 228 g/mol. The van der Waals surface area contributed by atoms with Gasteiger partial charge in [-0.1, -0.05) is 0 Å². The van der Waals surface area contributed by atoms with Gasteiger partial charge in [0, 0.05) is 26.6 Å². The zero-order valence-electron chi connectivity index (χ0n) is 10.5. The van der Waals surface area contributed by atoms with Crippen LogP contribution in [-0.4, -0.2) is 50.7 Å². The molecule has 16 heavy (non-hydrogen) atoms. The van der Waals surface area contributed by atoms with Gasteiger partial charge >= 0.3 is 0 Å². The molecule has 1 N–H and O–H groups in total. The molecule has 1 aliphatic rings. The summed E-state index contributed by atoms with van der Waals surface area (Å²) in [4.78, 5) is 13.5. The van der Waals surface area contributed by atoms with Crippen molar-refractivity contribution < 1.29 is 9.53 Å². The first-order chi connectivity index (χ1) is 7.74. The third kappa shape index (κ3) is 4.94. The van der Waals surface area contributed by atoms with E-state index in [4.69, 9.17) is 4.74 Å². The van der Waals surface area contributed by atoms with E-state index >= 15 is 0 Å². The number of nitrogens with one attached hydrogen (secondary N) is 1. The van der Waals surface area contributed by atoms with Gasteiger partial charge in [-0.2, -0.15) is 0 Å². The largest absolute Gasteiger partial charge is 0.376 e. The van der Waals surface area contributed by atoms with Crippen molar-refractivity contribution in [2.45, 2.75) is 38.2 Å². The predicted octanol–water partition coefficient (Wildman–Crippen LogP) is 1.01. The molecule has 0 aromatic rings. The van der Waals surface area contributed by atoms with Gasteiger partial charge in [-0.05, 0) is 39.3 Å². The molecule has 1 saturated heterocycles. The minimum atomic E-state index is 0.226. The SMILES string of the molecule is CNCCCC(=O)N(C)CC1CCCCO1. The van der Waals surface area contributed by atoms with Gasteiger partial charge in [0.2, 0.25) is 5.91 Å². The predicted molar refractivity (Wildman–Crippen MR) is 64.4 cm³/mol. The van der Waals surface area contributed by atoms with Crippen molar-refractivity contribution in [3.05, 3.63) is 0 Å². The van der Waals surface area contributed by atoms with Gasteiger partial charge in [0.05, 0.1) is 6.10 Å². The molecule has 1 unspecified atom stereocenters. The molecule has 94 valence electrons. The summed E-state index contributed by atoms with van der Waals surface area (Å²) in [6.07, 6.45) is 5.28. The summed E-state index contributed by atoms with van der Waals surface area (Å²) in [5.74, 6) is 0.226. The van der Waals surface area contributed by atoms with Crippen LogP contribution in [0.5, 0.6) is 0 Å². The maximum absolute atomic E-state index is 11.7. The fourth-order valence-corrected chi connectivity index (χ4v) is 1.97. The molecule has 1 aliphatic heterocycles. The molecular weight excluding hydrogens is 204 g/mol. The molecule has 1 amide bonds. The molecule has 1 rings (SSSR count). The Hall–Kier alpha value is -0.610. The molecule has 0 bridgehead atoms. The number of ether oxygens (including phenoxy) is 1. The second-order valence-corrected chi connectivity index (χ2v) is 4.47. The molecular formula is C12H24N2O2. The number of likely N-dealkylation sites (N-methyl/N-ethyl adjacent to an activating group) is 1. The lowest BCUT2D eigenvalue weighted by Crippen LogP contribution is -2.37. The molecule has 0 aromatic carbocycles. The van der Waals surface area contributed by atoms with Crippen LogP contribution in [0.4, 0.5) is 0 Å². The van der Waals surface area contributed by atoms with Crippen LogP contribution >= 0.6 is 0 Å². The third-order valence-electron chi connectivity index (χ3n) is 2.99. The number of carbonyl (C=O) groups is 1. The van der Waals surface area contributed by atoms with Gasteiger partial charge in [-0.25, -0.2) is 0 Å². The number of hydrogen-bond acceptors (Lipinski definition) is 3. The van der Waals surface area contributed by atoms with Crippen LogP contribution in [0.3, 0.4) is 0 Å². The first-order valence-electron chi connectivity index (χ1n) is 6.24. The quantitative estimate of drug-likeness (QED) is 0.690. The first-order valence-corrected chi connectivity index (χ1v) is 6.24. The summed E-state index contributed by atoms with van der Waals surface area (Å²) in [5.41, 5.74) is 0. The average Bonchev–Trinajstić information content (AvgIpc) is 2.30. The van der Waals surface area contributed by atoms with Crippen molar-refractivity contribution in [2.24, 2.45) is 0 Å². The van der Waals surface area contributed by atoms with E-state index in [1.165, 1.54) is 6.42 Å². The van der Waals surface area contributed by atoms with Crippen LogP contribution in [-0.2, 0) is 9.53 Å². The van der Waals surface area contributed by atoms with Gasteiger partial charge < -0.3 is 15.0 Å². The summed E-state index contributed by atoms with van der Waals surface area (Å²) in [6, 6.07) is 0. The Morgan fingerprint density at radius 2 is 2.31 bits per heavy atom. The highest BCUT2D eigenvalue weighted by molar-refractivity contribution is 5.75. The van der Waals surface area contributed by atoms with E-state index in [-0.39, 0.29) is 12.0 Å². The highest BCUT2D eigenvalue weighted by Gasteiger charge is 2.18. The van der Waals surface area contributed by atoms with Crippen LogP contribution < -0.4 is 5.32 Å². The maximum atomic E-state index is 11.7. The third-order valence-corrected chi connectivity index (χ3v) is 2.99. The first kappa shape index (κ1) is 13.5. The van der Waals surface area contributed by atoms with Gasteiger partial charge in [-0.3, -0.25) is 4.79 Å². The lowest BCUT2D eigenvalue weighted by Gasteiger charge is -2.27. The Labute approximate surface area is 98.3 Å². The number of amides is 1. The van der Waals surface area contributed by atoms with Gasteiger partial charge in [0.25, 0.3) is 0 Å². The molecule has 0 saturated carbocycles. The second-order valence-electron chi connectivity index (χ2n) is 4.47. The second kappa shape index (κ2) is 7.63. The summed E-state index contributed by atoms with van der Waals surface area (Å²) in [6.45, 7) is 2.50. The van der Waals surface area contributed by atoms with Gasteiger partial charge in [0.15, 0.2) is 0 Å². The molecule has 1 heterocycles. The maximum Gasteiger partial charge on any atom is 0.222 e. The van der Waals surface area contributed by atoms with E-state index in [1.54, 1.807) is 0 Å². The van der Waals surface area contributed by atoms with Crippen molar-refractivity contribution >= 4 is 5.91 Å². The van der Waals surface area contributed by atoms with E-state index in [0.717, 1.165) is 39.0 Å². The van der Waals surface area contributed by atoms with E-state index in [0.29, 0.717) is 6.42 Å². The zero-order chi connectivity index (χ0) is 11.8. The van der Waals surface area contributed by atoms with Gasteiger partial charge in [-0.15, -0.1) is 0 Å². The van der Waals surface area contributed by atoms with Crippen LogP contribution in [0, 0.1) is 0 Å². The summed E-state index contributed by atoms with van der Waals surface area (Å²) in [7, 11) is 3.78. The molecule has 0 aromatic heterocycles. The topological polar surface area (TPSA) is 41.6 Å². The Morgan fingerprint density at radius 1 is 1.50 bits per heavy atom. The average molecular weight is 228 g/mol. The zero-order valence-corrected chi connectivity index (χ0v) is 10.5. The molecule has 0 aliphatic carbocycles. The van der Waals surface area contributed by atoms with E-state index in [2.05, 4.69) is 5.32 Å². The molecule has 1 atom stereocenters. The van der Waals surface area contributed by atoms with Crippen molar-refractivity contribution in [1.29, 1.82) is 0 Å². The van der Waals surface area contributed by atoms with Crippen LogP contribution in [0.15, 0.2) is 0 Å². The van der Waals surface area contributed by atoms with E-state index in [9.17, 15) is 4.79 Å².